The molecule has 2 saturated carbocycles. The van der Waals surface area contributed by atoms with Crippen molar-refractivity contribution in [2.75, 3.05) is 19.6 Å². The number of hydrogen-bond acceptors (Lipinski definition) is 2. The molecule has 2 rings (SSSR count). The van der Waals surface area contributed by atoms with Gasteiger partial charge in [-0.25, -0.2) is 0 Å². The van der Waals surface area contributed by atoms with E-state index in [2.05, 4.69) is 24.1 Å². The Morgan fingerprint density at radius 3 is 2.41 bits per heavy atom. The molecule has 2 aliphatic carbocycles. The monoisotopic (exact) mass is 238 g/mol. The summed E-state index contributed by atoms with van der Waals surface area (Å²) in [6.45, 7) is 8.61. The molecule has 0 amide bonds. The maximum absolute atomic E-state index is 3.60. The van der Waals surface area contributed by atoms with Crippen LogP contribution in [0, 0.1) is 5.92 Å². The Kier molecular flexibility index (Phi) is 5.30. The predicted octanol–water partition coefficient (Wildman–Crippen LogP) is 3.03. The molecule has 2 aliphatic rings. The first-order chi connectivity index (χ1) is 8.25. The Morgan fingerprint density at radius 1 is 1.06 bits per heavy atom. The van der Waals surface area contributed by atoms with E-state index in [4.69, 9.17) is 0 Å². The topological polar surface area (TPSA) is 15.3 Å². The van der Waals surface area contributed by atoms with E-state index in [1.54, 1.807) is 0 Å². The second-order valence-corrected chi connectivity index (χ2v) is 6.32. The Morgan fingerprint density at radius 2 is 1.82 bits per heavy atom. The summed E-state index contributed by atoms with van der Waals surface area (Å²) in [4.78, 5) is 2.69. The van der Waals surface area contributed by atoms with E-state index in [9.17, 15) is 0 Å². The zero-order valence-electron chi connectivity index (χ0n) is 11.8. The second kappa shape index (κ2) is 6.75. The van der Waals surface area contributed by atoms with Gasteiger partial charge < -0.3 is 10.2 Å². The van der Waals surface area contributed by atoms with E-state index >= 15 is 0 Å². The van der Waals surface area contributed by atoms with E-state index in [0.29, 0.717) is 0 Å². The summed E-state index contributed by atoms with van der Waals surface area (Å²) < 4.78 is 0. The van der Waals surface area contributed by atoms with Gasteiger partial charge in [-0.2, -0.15) is 0 Å². The van der Waals surface area contributed by atoms with Crippen LogP contribution in [0.1, 0.15) is 58.8 Å². The van der Waals surface area contributed by atoms with Crippen LogP contribution in [0.2, 0.25) is 0 Å². The van der Waals surface area contributed by atoms with Gasteiger partial charge in [-0.05, 0) is 71.4 Å². The van der Waals surface area contributed by atoms with Gasteiger partial charge in [0.15, 0.2) is 0 Å². The molecular weight excluding hydrogens is 208 g/mol. The van der Waals surface area contributed by atoms with Gasteiger partial charge in [-0.15, -0.1) is 0 Å². The minimum atomic E-state index is 0.736. The number of rotatable bonds is 10. The van der Waals surface area contributed by atoms with Crippen molar-refractivity contribution in [1.29, 1.82) is 0 Å². The molecule has 0 saturated heterocycles. The summed E-state index contributed by atoms with van der Waals surface area (Å²) in [6, 6.07) is 1.62. The summed E-state index contributed by atoms with van der Waals surface area (Å²) in [6.07, 6.45) is 9.95. The number of unbranched alkanes of at least 4 members (excludes halogenated alkanes) is 2. The quantitative estimate of drug-likeness (QED) is 0.589. The van der Waals surface area contributed by atoms with Crippen LogP contribution in [-0.2, 0) is 0 Å². The van der Waals surface area contributed by atoms with E-state index in [1.807, 2.05) is 0 Å². The molecule has 2 heteroatoms. The van der Waals surface area contributed by atoms with Crippen molar-refractivity contribution in [1.82, 2.24) is 10.2 Å². The average molecular weight is 238 g/mol. The molecule has 100 valence electrons. The highest BCUT2D eigenvalue weighted by Gasteiger charge is 2.25. The lowest BCUT2D eigenvalue weighted by Gasteiger charge is -2.26. The van der Waals surface area contributed by atoms with Crippen LogP contribution >= 0.6 is 0 Å². The average Bonchev–Trinajstić information content (AvgIpc) is 3.13. The smallest absolute Gasteiger partial charge is 0.00682 e. The number of hydrogen-bond donors (Lipinski definition) is 1. The normalized spacial score (nSPS) is 20.5. The third-order valence-corrected chi connectivity index (χ3v) is 4.05. The lowest BCUT2D eigenvalue weighted by molar-refractivity contribution is 0.208. The molecule has 0 atom stereocenters. The van der Waals surface area contributed by atoms with Gasteiger partial charge >= 0.3 is 0 Å². The van der Waals surface area contributed by atoms with Crippen LogP contribution in [0.25, 0.3) is 0 Å². The van der Waals surface area contributed by atoms with Crippen LogP contribution in [0.4, 0.5) is 0 Å². The summed E-state index contributed by atoms with van der Waals surface area (Å²) in [5, 5.41) is 3.60. The molecule has 1 N–H and O–H groups in total. The molecule has 0 aromatic rings. The van der Waals surface area contributed by atoms with Gasteiger partial charge in [0.05, 0.1) is 0 Å². The fraction of sp³-hybridized carbons (Fsp3) is 1.00. The second-order valence-electron chi connectivity index (χ2n) is 6.32. The van der Waals surface area contributed by atoms with Crippen molar-refractivity contribution in [3.8, 4) is 0 Å². The van der Waals surface area contributed by atoms with Crippen LogP contribution in [0.15, 0.2) is 0 Å². The predicted molar refractivity (Wildman–Crippen MR) is 74.3 cm³/mol. The van der Waals surface area contributed by atoms with Gasteiger partial charge in [-0.1, -0.05) is 6.42 Å². The summed E-state index contributed by atoms with van der Waals surface area (Å²) in [7, 11) is 0. The van der Waals surface area contributed by atoms with Crippen molar-refractivity contribution in [2.45, 2.75) is 70.9 Å². The molecule has 0 bridgehead atoms. The third kappa shape index (κ3) is 5.87. The van der Waals surface area contributed by atoms with Crippen LogP contribution in [0.5, 0.6) is 0 Å². The molecule has 0 radical (unpaired) electrons. The van der Waals surface area contributed by atoms with E-state index in [1.165, 1.54) is 64.6 Å². The van der Waals surface area contributed by atoms with E-state index < -0.39 is 0 Å². The van der Waals surface area contributed by atoms with Gasteiger partial charge in [-0.3, -0.25) is 0 Å². The van der Waals surface area contributed by atoms with Crippen LogP contribution in [0.3, 0.4) is 0 Å². The van der Waals surface area contributed by atoms with Gasteiger partial charge in [0.1, 0.15) is 0 Å². The van der Waals surface area contributed by atoms with E-state index in [0.717, 1.165) is 18.0 Å². The van der Waals surface area contributed by atoms with Crippen molar-refractivity contribution in [3.63, 3.8) is 0 Å². The molecular formula is C15H30N2. The number of nitrogens with zero attached hydrogens (tertiary/aromatic N) is 1. The SMILES string of the molecule is CC(C)N(CCCCCNC1CC1)CC1CC1. The highest BCUT2D eigenvalue weighted by Crippen LogP contribution is 2.30. The molecule has 0 aliphatic heterocycles. The van der Waals surface area contributed by atoms with Gasteiger partial charge in [0, 0.05) is 18.6 Å². The fourth-order valence-corrected chi connectivity index (χ4v) is 2.40. The zero-order valence-corrected chi connectivity index (χ0v) is 11.8. The summed E-state index contributed by atoms with van der Waals surface area (Å²) in [5.41, 5.74) is 0. The van der Waals surface area contributed by atoms with Crippen molar-refractivity contribution in [3.05, 3.63) is 0 Å². The van der Waals surface area contributed by atoms with Gasteiger partial charge in [0.2, 0.25) is 0 Å². The summed E-state index contributed by atoms with van der Waals surface area (Å²) in [5.74, 6) is 1.04. The molecule has 2 nitrogen and oxygen atoms in total. The van der Waals surface area contributed by atoms with Crippen LogP contribution < -0.4 is 5.32 Å². The molecule has 0 spiro atoms. The first-order valence-electron chi connectivity index (χ1n) is 7.73. The Labute approximate surface area is 107 Å². The van der Waals surface area contributed by atoms with E-state index in [-0.39, 0.29) is 0 Å². The van der Waals surface area contributed by atoms with Gasteiger partial charge in [0.25, 0.3) is 0 Å². The Bertz CT molecular complexity index is 207. The molecule has 0 aromatic carbocycles. The Hall–Kier alpha value is -0.0800. The summed E-state index contributed by atoms with van der Waals surface area (Å²) >= 11 is 0. The largest absolute Gasteiger partial charge is 0.314 e. The van der Waals surface area contributed by atoms with Crippen LogP contribution in [-0.4, -0.2) is 36.6 Å². The zero-order chi connectivity index (χ0) is 12.1. The molecule has 0 heterocycles. The fourth-order valence-electron chi connectivity index (χ4n) is 2.40. The lowest BCUT2D eigenvalue weighted by Crippen LogP contribution is -2.33. The van der Waals surface area contributed by atoms with Crippen molar-refractivity contribution in [2.24, 2.45) is 5.92 Å². The molecule has 17 heavy (non-hydrogen) atoms. The van der Waals surface area contributed by atoms with Crippen molar-refractivity contribution < 1.29 is 0 Å². The Balaban J connectivity index is 1.45. The lowest BCUT2D eigenvalue weighted by atomic mass is 10.2. The first kappa shape index (κ1) is 13.4. The molecule has 2 fully saturated rings. The minimum absolute atomic E-state index is 0.736. The standard InChI is InChI=1S/C15H30N2/c1-13(2)17(12-14-6-7-14)11-5-3-4-10-16-15-8-9-15/h13-16H,3-12H2,1-2H3. The minimum Gasteiger partial charge on any atom is -0.314 e. The third-order valence-electron chi connectivity index (χ3n) is 4.05. The molecule has 0 aromatic heterocycles. The molecule has 0 unspecified atom stereocenters. The van der Waals surface area contributed by atoms with Crippen molar-refractivity contribution >= 4 is 0 Å². The highest BCUT2D eigenvalue weighted by molar-refractivity contribution is 4.80. The first-order valence-corrected chi connectivity index (χ1v) is 7.73. The highest BCUT2D eigenvalue weighted by atomic mass is 15.1. The maximum atomic E-state index is 3.60. The maximum Gasteiger partial charge on any atom is 0.00682 e. The number of nitrogens with one attached hydrogen (secondary N) is 1.